The predicted molar refractivity (Wildman–Crippen MR) is 84.5 cm³/mol. The van der Waals surface area contributed by atoms with Crippen LogP contribution >= 0.6 is 11.8 Å². The molecule has 0 amide bonds. The Morgan fingerprint density at radius 2 is 1.67 bits per heavy atom. The fourth-order valence-corrected chi connectivity index (χ4v) is 3.22. The van der Waals surface area contributed by atoms with Crippen LogP contribution in [0.3, 0.4) is 0 Å². The van der Waals surface area contributed by atoms with Gasteiger partial charge >= 0.3 is 0 Å². The summed E-state index contributed by atoms with van der Waals surface area (Å²) in [6, 6.07) is 16.2. The van der Waals surface area contributed by atoms with Crippen LogP contribution < -0.4 is 0 Å². The van der Waals surface area contributed by atoms with Crippen LogP contribution in [0.2, 0.25) is 0 Å². The Labute approximate surface area is 125 Å². The van der Waals surface area contributed by atoms with E-state index in [0.29, 0.717) is 0 Å². The van der Waals surface area contributed by atoms with Gasteiger partial charge in [0.2, 0.25) is 0 Å². The molecule has 4 rings (SSSR count). The molecular weight excluding hydrogens is 280 g/mol. The Balaban J connectivity index is 1.82. The minimum Gasteiger partial charge on any atom is -0.333 e. The van der Waals surface area contributed by atoms with Crippen LogP contribution in [-0.2, 0) is 0 Å². The maximum absolute atomic E-state index is 4.58. The number of aryl methyl sites for hydroxylation is 1. The summed E-state index contributed by atoms with van der Waals surface area (Å²) in [4.78, 5) is 7.88. The van der Waals surface area contributed by atoms with Gasteiger partial charge in [0.15, 0.2) is 5.16 Å². The Morgan fingerprint density at radius 3 is 2.52 bits per heavy atom. The molecule has 0 unspecified atom stereocenters. The van der Waals surface area contributed by atoms with Gasteiger partial charge in [-0.05, 0) is 30.8 Å². The molecular formula is C16H12N4S. The molecule has 21 heavy (non-hydrogen) atoms. The molecule has 0 saturated carbocycles. The Morgan fingerprint density at radius 1 is 0.905 bits per heavy atom. The third-order valence-corrected chi connectivity index (χ3v) is 4.28. The number of rotatable bonds is 2. The number of imidazole rings is 1. The summed E-state index contributed by atoms with van der Waals surface area (Å²) in [5, 5.41) is 12.5. The summed E-state index contributed by atoms with van der Waals surface area (Å²) >= 11 is 1.51. The van der Waals surface area contributed by atoms with Crippen molar-refractivity contribution in [2.45, 2.75) is 17.1 Å². The second-order valence-electron chi connectivity index (χ2n) is 4.80. The van der Waals surface area contributed by atoms with Crippen molar-refractivity contribution >= 4 is 33.6 Å². The molecule has 0 spiro atoms. The first-order chi connectivity index (χ1) is 10.3. The molecule has 0 atom stereocenters. The highest BCUT2D eigenvalue weighted by atomic mass is 32.2. The van der Waals surface area contributed by atoms with Crippen LogP contribution in [0.4, 0.5) is 0 Å². The number of para-hydroxylation sites is 2. The van der Waals surface area contributed by atoms with E-state index in [1.54, 1.807) is 0 Å². The molecule has 0 aliphatic heterocycles. The maximum atomic E-state index is 4.58. The molecule has 102 valence electrons. The quantitative estimate of drug-likeness (QED) is 0.607. The van der Waals surface area contributed by atoms with E-state index in [1.807, 2.05) is 43.3 Å². The summed E-state index contributed by atoms with van der Waals surface area (Å²) in [7, 11) is 0. The number of H-pyrrole nitrogens is 1. The van der Waals surface area contributed by atoms with Gasteiger partial charge in [-0.25, -0.2) is 4.98 Å². The lowest BCUT2D eigenvalue weighted by Crippen LogP contribution is -1.92. The predicted octanol–water partition coefficient (Wildman–Crippen LogP) is 3.97. The number of aromatic nitrogens is 4. The van der Waals surface area contributed by atoms with Crippen LogP contribution in [0, 0.1) is 6.92 Å². The second-order valence-corrected chi connectivity index (χ2v) is 5.77. The van der Waals surface area contributed by atoms with Crippen LogP contribution in [-0.4, -0.2) is 20.2 Å². The van der Waals surface area contributed by atoms with Crippen molar-refractivity contribution in [2.24, 2.45) is 0 Å². The van der Waals surface area contributed by atoms with E-state index in [0.717, 1.165) is 37.7 Å². The lowest BCUT2D eigenvalue weighted by atomic mass is 10.1. The van der Waals surface area contributed by atoms with Crippen LogP contribution in [0.25, 0.3) is 21.8 Å². The van der Waals surface area contributed by atoms with Crippen molar-refractivity contribution in [1.29, 1.82) is 0 Å². The van der Waals surface area contributed by atoms with Crippen molar-refractivity contribution in [3.8, 4) is 0 Å². The highest BCUT2D eigenvalue weighted by molar-refractivity contribution is 7.99. The standard InChI is InChI=1S/C16H12N4S/c1-10-11-6-2-3-7-12(11)15(20-19-10)21-16-17-13-8-4-5-9-14(13)18-16/h2-9H,1H3,(H,17,18). The SMILES string of the molecule is Cc1nnc(Sc2nc3ccccc3[nH]2)c2ccccc12. The molecule has 0 saturated heterocycles. The first-order valence-corrected chi connectivity index (χ1v) is 7.47. The molecule has 2 aromatic carbocycles. The Hall–Kier alpha value is -2.40. The van der Waals surface area contributed by atoms with E-state index < -0.39 is 0 Å². The van der Waals surface area contributed by atoms with E-state index in [2.05, 4.69) is 32.3 Å². The minimum atomic E-state index is 0.833. The molecule has 2 heterocycles. The van der Waals surface area contributed by atoms with Gasteiger partial charge in [0, 0.05) is 10.8 Å². The van der Waals surface area contributed by atoms with Gasteiger partial charge in [-0.1, -0.05) is 36.4 Å². The van der Waals surface area contributed by atoms with Crippen LogP contribution in [0.15, 0.2) is 58.7 Å². The van der Waals surface area contributed by atoms with Gasteiger partial charge < -0.3 is 4.98 Å². The number of nitrogens with zero attached hydrogens (tertiary/aromatic N) is 3. The van der Waals surface area contributed by atoms with E-state index in [9.17, 15) is 0 Å². The van der Waals surface area contributed by atoms with E-state index in [4.69, 9.17) is 0 Å². The minimum absolute atomic E-state index is 0.833. The number of hydrogen-bond acceptors (Lipinski definition) is 4. The molecule has 0 aliphatic carbocycles. The Kier molecular flexibility index (Phi) is 2.86. The van der Waals surface area contributed by atoms with E-state index >= 15 is 0 Å². The van der Waals surface area contributed by atoms with Crippen molar-refractivity contribution in [3.05, 3.63) is 54.2 Å². The summed E-state index contributed by atoms with van der Waals surface area (Å²) in [5.41, 5.74) is 2.94. The summed E-state index contributed by atoms with van der Waals surface area (Å²) in [6.07, 6.45) is 0. The fraction of sp³-hybridized carbons (Fsp3) is 0.0625. The van der Waals surface area contributed by atoms with Gasteiger partial charge in [-0.2, -0.15) is 5.10 Å². The smallest absolute Gasteiger partial charge is 0.172 e. The fourth-order valence-electron chi connectivity index (χ4n) is 2.36. The summed E-state index contributed by atoms with van der Waals surface area (Å²) < 4.78 is 0. The molecule has 0 radical (unpaired) electrons. The molecule has 5 heteroatoms. The Bertz CT molecular complexity index is 912. The molecule has 4 nitrogen and oxygen atoms in total. The molecule has 4 aromatic rings. The van der Waals surface area contributed by atoms with Crippen molar-refractivity contribution < 1.29 is 0 Å². The van der Waals surface area contributed by atoms with Gasteiger partial charge in [-0.3, -0.25) is 0 Å². The van der Waals surface area contributed by atoms with Crippen molar-refractivity contribution in [1.82, 2.24) is 20.2 Å². The normalized spacial score (nSPS) is 11.3. The average molecular weight is 292 g/mol. The van der Waals surface area contributed by atoms with Gasteiger partial charge in [0.1, 0.15) is 5.03 Å². The zero-order chi connectivity index (χ0) is 14.2. The number of aromatic amines is 1. The van der Waals surface area contributed by atoms with Crippen LogP contribution in [0.1, 0.15) is 5.69 Å². The lowest BCUT2D eigenvalue weighted by Gasteiger charge is -2.04. The summed E-state index contributed by atoms with van der Waals surface area (Å²) in [6.45, 7) is 1.98. The van der Waals surface area contributed by atoms with Gasteiger partial charge in [0.25, 0.3) is 0 Å². The lowest BCUT2D eigenvalue weighted by molar-refractivity contribution is 0.919. The highest BCUT2D eigenvalue weighted by Crippen LogP contribution is 2.31. The molecule has 0 bridgehead atoms. The molecule has 1 N–H and O–H groups in total. The summed E-state index contributed by atoms with van der Waals surface area (Å²) in [5.74, 6) is 0. The molecule has 2 aromatic heterocycles. The zero-order valence-corrected chi connectivity index (χ0v) is 12.2. The number of hydrogen-bond donors (Lipinski definition) is 1. The van der Waals surface area contributed by atoms with Crippen molar-refractivity contribution in [3.63, 3.8) is 0 Å². The third-order valence-electron chi connectivity index (χ3n) is 3.40. The van der Waals surface area contributed by atoms with Gasteiger partial charge in [-0.15, -0.1) is 5.10 Å². The van der Waals surface area contributed by atoms with E-state index in [-0.39, 0.29) is 0 Å². The third kappa shape index (κ3) is 2.15. The number of benzene rings is 2. The van der Waals surface area contributed by atoms with Gasteiger partial charge in [0.05, 0.1) is 16.7 Å². The number of nitrogens with one attached hydrogen (secondary N) is 1. The molecule has 0 fully saturated rings. The first kappa shape index (κ1) is 12.3. The second kappa shape index (κ2) is 4.86. The average Bonchev–Trinajstić information content (AvgIpc) is 2.93. The van der Waals surface area contributed by atoms with Crippen LogP contribution in [0.5, 0.6) is 0 Å². The molecule has 0 aliphatic rings. The van der Waals surface area contributed by atoms with E-state index in [1.165, 1.54) is 11.8 Å². The number of fused-ring (bicyclic) bond motifs is 2. The first-order valence-electron chi connectivity index (χ1n) is 6.66. The topological polar surface area (TPSA) is 54.5 Å². The maximum Gasteiger partial charge on any atom is 0.172 e. The van der Waals surface area contributed by atoms with Crippen molar-refractivity contribution in [2.75, 3.05) is 0 Å². The zero-order valence-electron chi connectivity index (χ0n) is 11.4. The largest absolute Gasteiger partial charge is 0.333 e. The highest BCUT2D eigenvalue weighted by Gasteiger charge is 2.10. The monoisotopic (exact) mass is 292 g/mol.